The molecule has 3 aromatic rings. The van der Waals surface area contributed by atoms with E-state index in [1.165, 1.54) is 11.3 Å². The summed E-state index contributed by atoms with van der Waals surface area (Å²) in [5.74, 6) is -0.235. The molecule has 1 N–H and O–H groups in total. The molecule has 0 bridgehead atoms. The number of hydrogen-bond acceptors (Lipinski definition) is 3. The lowest BCUT2D eigenvalue weighted by molar-refractivity contribution is 0.104. The predicted octanol–water partition coefficient (Wildman–Crippen LogP) is 4.33. The van der Waals surface area contributed by atoms with E-state index >= 15 is 0 Å². The minimum absolute atomic E-state index is 0.158. The molecule has 0 unspecified atom stereocenters. The van der Waals surface area contributed by atoms with Crippen LogP contribution in [-0.2, 0) is 0 Å². The maximum atomic E-state index is 12.7. The standard InChI is InChI=1S/C17H12N2OS/c1-11-16(14-6-2-3-7-15(14)19-11)17(20)12(10-18)9-13-5-4-8-21-13/h2-9,19H,1H3/b12-9+. The quantitative estimate of drug-likeness (QED) is 0.444. The number of nitrogens with one attached hydrogen (secondary N) is 1. The maximum Gasteiger partial charge on any atom is 0.206 e. The number of aromatic amines is 1. The highest BCUT2D eigenvalue weighted by atomic mass is 32.1. The van der Waals surface area contributed by atoms with Crippen LogP contribution in [0.1, 0.15) is 20.9 Å². The minimum Gasteiger partial charge on any atom is -0.358 e. The van der Waals surface area contributed by atoms with Crippen LogP contribution in [0.25, 0.3) is 17.0 Å². The molecule has 0 aliphatic rings. The second kappa shape index (κ2) is 5.39. The SMILES string of the molecule is Cc1[nH]c2ccccc2c1C(=O)/C(C#N)=C/c1cccs1. The number of aromatic nitrogens is 1. The van der Waals surface area contributed by atoms with E-state index in [2.05, 4.69) is 4.98 Å². The van der Waals surface area contributed by atoms with Gasteiger partial charge < -0.3 is 4.98 Å². The Labute approximate surface area is 126 Å². The van der Waals surface area contributed by atoms with Crippen molar-refractivity contribution in [2.75, 3.05) is 0 Å². The van der Waals surface area contributed by atoms with Crippen molar-refractivity contribution < 1.29 is 4.79 Å². The number of fused-ring (bicyclic) bond motifs is 1. The number of Topliss-reactive ketones (excluding diaryl/α,β-unsaturated/α-hetero) is 1. The van der Waals surface area contributed by atoms with Crippen molar-refractivity contribution in [3.63, 3.8) is 0 Å². The maximum absolute atomic E-state index is 12.7. The Balaban J connectivity index is 2.12. The van der Waals surface area contributed by atoms with Gasteiger partial charge >= 0.3 is 0 Å². The summed E-state index contributed by atoms with van der Waals surface area (Å²) in [4.78, 5) is 16.8. The fourth-order valence-corrected chi connectivity index (χ4v) is 3.03. The Morgan fingerprint density at radius 2 is 2.10 bits per heavy atom. The zero-order valence-corrected chi connectivity index (χ0v) is 12.2. The van der Waals surface area contributed by atoms with Gasteiger partial charge in [-0.3, -0.25) is 4.79 Å². The number of thiophene rings is 1. The normalized spacial score (nSPS) is 11.5. The van der Waals surface area contributed by atoms with Crippen LogP contribution >= 0.6 is 11.3 Å². The molecule has 102 valence electrons. The third-order valence-electron chi connectivity index (χ3n) is 3.32. The molecular weight excluding hydrogens is 280 g/mol. The van der Waals surface area contributed by atoms with E-state index in [9.17, 15) is 10.1 Å². The van der Waals surface area contributed by atoms with Crippen LogP contribution in [0, 0.1) is 18.3 Å². The Hall–Kier alpha value is -2.64. The molecule has 21 heavy (non-hydrogen) atoms. The van der Waals surface area contributed by atoms with Gasteiger partial charge in [-0.2, -0.15) is 5.26 Å². The lowest BCUT2D eigenvalue weighted by atomic mass is 10.0. The van der Waals surface area contributed by atoms with E-state index in [-0.39, 0.29) is 11.4 Å². The molecule has 2 heterocycles. The zero-order chi connectivity index (χ0) is 14.8. The molecule has 2 aromatic heterocycles. The van der Waals surface area contributed by atoms with Gasteiger partial charge in [-0.1, -0.05) is 24.3 Å². The molecule has 0 aliphatic carbocycles. The largest absolute Gasteiger partial charge is 0.358 e. The first kappa shape index (κ1) is 13.3. The lowest BCUT2D eigenvalue weighted by Crippen LogP contribution is -2.03. The van der Waals surface area contributed by atoms with Crippen LogP contribution in [0.2, 0.25) is 0 Å². The molecule has 0 radical (unpaired) electrons. The number of nitrogens with zero attached hydrogens (tertiary/aromatic N) is 1. The number of hydrogen-bond donors (Lipinski definition) is 1. The minimum atomic E-state index is -0.235. The van der Waals surface area contributed by atoms with E-state index in [1.807, 2.05) is 54.8 Å². The van der Waals surface area contributed by atoms with E-state index in [1.54, 1.807) is 6.08 Å². The summed E-state index contributed by atoms with van der Waals surface area (Å²) in [6.07, 6.45) is 1.65. The number of aryl methyl sites for hydroxylation is 1. The Morgan fingerprint density at radius 1 is 1.29 bits per heavy atom. The van der Waals surface area contributed by atoms with Gasteiger partial charge in [0, 0.05) is 21.5 Å². The number of allylic oxidation sites excluding steroid dienone is 1. The van der Waals surface area contributed by atoms with Gasteiger partial charge in [0.05, 0.1) is 5.56 Å². The molecule has 1 aromatic carbocycles. The number of para-hydroxylation sites is 1. The molecule has 3 rings (SSSR count). The smallest absolute Gasteiger partial charge is 0.206 e. The number of carbonyl (C=O) groups is 1. The molecule has 3 nitrogen and oxygen atoms in total. The highest BCUT2D eigenvalue weighted by molar-refractivity contribution is 7.10. The summed E-state index contributed by atoms with van der Waals surface area (Å²) in [5, 5.41) is 12.1. The van der Waals surface area contributed by atoms with Crippen molar-refractivity contribution in [1.82, 2.24) is 4.98 Å². The first-order valence-electron chi connectivity index (χ1n) is 6.48. The highest BCUT2D eigenvalue weighted by Gasteiger charge is 2.19. The average molecular weight is 292 g/mol. The molecule has 0 atom stereocenters. The second-order valence-electron chi connectivity index (χ2n) is 4.68. The van der Waals surface area contributed by atoms with E-state index < -0.39 is 0 Å². The van der Waals surface area contributed by atoms with Gasteiger partial charge in [-0.15, -0.1) is 11.3 Å². The number of rotatable bonds is 3. The van der Waals surface area contributed by atoms with Gasteiger partial charge in [0.15, 0.2) is 0 Å². The molecule has 0 saturated carbocycles. The topological polar surface area (TPSA) is 56.6 Å². The Morgan fingerprint density at radius 3 is 2.81 bits per heavy atom. The monoisotopic (exact) mass is 292 g/mol. The first-order valence-corrected chi connectivity index (χ1v) is 7.36. The molecule has 0 saturated heterocycles. The van der Waals surface area contributed by atoms with Crippen LogP contribution in [0.4, 0.5) is 0 Å². The average Bonchev–Trinajstić information content (AvgIpc) is 3.10. The van der Waals surface area contributed by atoms with Crippen LogP contribution in [0.5, 0.6) is 0 Å². The van der Waals surface area contributed by atoms with Gasteiger partial charge in [0.1, 0.15) is 11.6 Å². The zero-order valence-electron chi connectivity index (χ0n) is 11.4. The van der Waals surface area contributed by atoms with Crippen molar-refractivity contribution in [1.29, 1.82) is 5.26 Å². The summed E-state index contributed by atoms with van der Waals surface area (Å²) in [5.41, 5.74) is 2.43. The van der Waals surface area contributed by atoms with Crippen LogP contribution in [0.3, 0.4) is 0 Å². The van der Waals surface area contributed by atoms with Crippen molar-refractivity contribution in [2.45, 2.75) is 6.92 Å². The Bertz CT molecular complexity index is 879. The highest BCUT2D eigenvalue weighted by Crippen LogP contribution is 2.25. The van der Waals surface area contributed by atoms with Crippen molar-refractivity contribution >= 4 is 34.1 Å². The fraction of sp³-hybridized carbons (Fsp3) is 0.0588. The van der Waals surface area contributed by atoms with E-state index in [4.69, 9.17) is 0 Å². The molecule has 0 amide bonds. The Kier molecular flexibility index (Phi) is 3.43. The summed E-state index contributed by atoms with van der Waals surface area (Å²) in [7, 11) is 0. The molecule has 0 spiro atoms. The van der Waals surface area contributed by atoms with Crippen LogP contribution in [0.15, 0.2) is 47.4 Å². The summed E-state index contributed by atoms with van der Waals surface area (Å²) in [6, 6.07) is 13.4. The van der Waals surface area contributed by atoms with Crippen molar-refractivity contribution in [3.8, 4) is 6.07 Å². The molecular formula is C17H12N2OS. The van der Waals surface area contributed by atoms with E-state index in [0.717, 1.165) is 21.5 Å². The summed E-state index contributed by atoms with van der Waals surface area (Å²) < 4.78 is 0. The number of nitriles is 1. The summed E-state index contributed by atoms with van der Waals surface area (Å²) >= 11 is 1.50. The van der Waals surface area contributed by atoms with Crippen molar-refractivity contribution in [2.24, 2.45) is 0 Å². The van der Waals surface area contributed by atoms with Crippen LogP contribution < -0.4 is 0 Å². The fourth-order valence-electron chi connectivity index (χ4n) is 2.37. The van der Waals surface area contributed by atoms with Gasteiger partial charge in [-0.25, -0.2) is 0 Å². The van der Waals surface area contributed by atoms with Crippen molar-refractivity contribution in [3.05, 3.63) is 63.5 Å². The number of ketones is 1. The third kappa shape index (κ3) is 2.39. The number of benzene rings is 1. The number of H-pyrrole nitrogens is 1. The van der Waals surface area contributed by atoms with Crippen LogP contribution in [-0.4, -0.2) is 10.8 Å². The lowest BCUT2D eigenvalue weighted by Gasteiger charge is -1.99. The van der Waals surface area contributed by atoms with Gasteiger partial charge in [-0.05, 0) is 30.5 Å². The van der Waals surface area contributed by atoms with Gasteiger partial charge in [0.25, 0.3) is 0 Å². The summed E-state index contributed by atoms with van der Waals surface area (Å²) in [6.45, 7) is 1.85. The predicted molar refractivity (Wildman–Crippen MR) is 85.3 cm³/mol. The van der Waals surface area contributed by atoms with Gasteiger partial charge in [0.2, 0.25) is 5.78 Å². The molecule has 0 fully saturated rings. The second-order valence-corrected chi connectivity index (χ2v) is 5.66. The number of carbonyl (C=O) groups excluding carboxylic acids is 1. The first-order chi connectivity index (χ1) is 10.2. The van der Waals surface area contributed by atoms with E-state index in [0.29, 0.717) is 5.56 Å². The molecule has 0 aliphatic heterocycles. The molecule has 4 heteroatoms. The third-order valence-corrected chi connectivity index (χ3v) is 4.13.